The third kappa shape index (κ3) is 2.81. The van der Waals surface area contributed by atoms with Crippen LogP contribution in [0.25, 0.3) is 0 Å². The summed E-state index contributed by atoms with van der Waals surface area (Å²) < 4.78 is 13.8. The molecule has 1 aliphatic rings. The van der Waals surface area contributed by atoms with Crippen LogP contribution in [0.5, 0.6) is 0 Å². The van der Waals surface area contributed by atoms with Gasteiger partial charge in [0.1, 0.15) is 5.82 Å². The lowest BCUT2D eigenvalue weighted by molar-refractivity contribution is -0.132. The molecule has 6 nitrogen and oxygen atoms in total. The fraction of sp³-hybridized carbons (Fsp3) is 0.385. The third-order valence-corrected chi connectivity index (χ3v) is 3.39. The molecule has 1 aromatic carbocycles. The average molecular weight is 280 g/mol. The van der Waals surface area contributed by atoms with E-state index in [1.807, 2.05) is 0 Å². The van der Waals surface area contributed by atoms with E-state index in [1.165, 1.54) is 6.07 Å². The molecule has 0 bridgehead atoms. The van der Waals surface area contributed by atoms with Crippen LogP contribution in [0.1, 0.15) is 23.2 Å². The van der Waals surface area contributed by atoms with E-state index in [9.17, 15) is 14.0 Å². The van der Waals surface area contributed by atoms with Gasteiger partial charge in [-0.3, -0.25) is 9.59 Å². The zero-order valence-electron chi connectivity index (χ0n) is 11.1. The fourth-order valence-electron chi connectivity index (χ4n) is 2.26. The van der Waals surface area contributed by atoms with E-state index in [2.05, 4.69) is 5.32 Å². The molecule has 2 rings (SSSR count). The van der Waals surface area contributed by atoms with Gasteiger partial charge >= 0.3 is 0 Å². The number of nitrogen functional groups attached to an aromatic ring is 1. The highest BCUT2D eigenvalue weighted by Crippen LogP contribution is 2.24. The minimum atomic E-state index is -0.707. The molecule has 0 radical (unpaired) electrons. The number of halogens is 1. The second-order valence-corrected chi connectivity index (χ2v) is 4.94. The molecule has 1 atom stereocenters. The van der Waals surface area contributed by atoms with Gasteiger partial charge in [0, 0.05) is 31.7 Å². The molecule has 108 valence electrons. The van der Waals surface area contributed by atoms with Crippen molar-refractivity contribution in [2.75, 3.05) is 24.6 Å². The Morgan fingerprint density at radius 1 is 1.50 bits per heavy atom. The van der Waals surface area contributed by atoms with Crippen LogP contribution in [-0.2, 0) is 4.79 Å². The minimum Gasteiger partial charge on any atom is -0.398 e. The van der Waals surface area contributed by atoms with Gasteiger partial charge in [-0.05, 0) is 18.6 Å². The van der Waals surface area contributed by atoms with Crippen LogP contribution in [0.3, 0.4) is 0 Å². The van der Waals surface area contributed by atoms with Crippen molar-refractivity contribution in [1.29, 1.82) is 0 Å². The summed E-state index contributed by atoms with van der Waals surface area (Å²) in [5.41, 5.74) is 11.0. The molecule has 1 saturated heterocycles. The first-order valence-electron chi connectivity index (χ1n) is 6.28. The average Bonchev–Trinajstić information content (AvgIpc) is 2.36. The van der Waals surface area contributed by atoms with Crippen molar-refractivity contribution in [3.05, 3.63) is 23.5 Å². The minimum absolute atomic E-state index is 0.0106. The van der Waals surface area contributed by atoms with Crippen LogP contribution >= 0.6 is 0 Å². The Morgan fingerprint density at radius 3 is 2.80 bits per heavy atom. The number of benzene rings is 1. The predicted octanol–water partition coefficient (Wildman–Crippen LogP) is 0.539. The molecule has 1 heterocycles. The number of carbonyl (C=O) groups is 2. The summed E-state index contributed by atoms with van der Waals surface area (Å²) in [7, 11) is 1.70. The molecule has 20 heavy (non-hydrogen) atoms. The highest BCUT2D eigenvalue weighted by atomic mass is 19.1. The van der Waals surface area contributed by atoms with Gasteiger partial charge in [-0.25, -0.2) is 4.39 Å². The number of anilines is 2. The lowest BCUT2D eigenvalue weighted by atomic mass is 10.0. The molecule has 0 aliphatic carbocycles. The van der Waals surface area contributed by atoms with Gasteiger partial charge in [0.05, 0.1) is 11.3 Å². The first-order chi connectivity index (χ1) is 9.38. The molecule has 0 spiro atoms. The van der Waals surface area contributed by atoms with Crippen molar-refractivity contribution < 1.29 is 14.0 Å². The van der Waals surface area contributed by atoms with Crippen LogP contribution in [0.2, 0.25) is 0 Å². The number of likely N-dealkylation sites (N-methyl/N-ethyl adjacent to an activating group) is 1. The van der Waals surface area contributed by atoms with Gasteiger partial charge < -0.3 is 21.7 Å². The predicted molar refractivity (Wildman–Crippen MR) is 73.6 cm³/mol. The second kappa shape index (κ2) is 5.36. The Kier molecular flexibility index (Phi) is 3.78. The van der Waals surface area contributed by atoms with Gasteiger partial charge in [0.15, 0.2) is 0 Å². The normalized spacial score (nSPS) is 19.0. The monoisotopic (exact) mass is 280 g/mol. The topological polar surface area (TPSA) is 101 Å². The lowest BCUT2D eigenvalue weighted by Crippen LogP contribution is -2.43. The van der Waals surface area contributed by atoms with E-state index in [0.717, 1.165) is 6.07 Å². The quantitative estimate of drug-likeness (QED) is 0.703. The molecule has 1 unspecified atom stereocenters. The maximum absolute atomic E-state index is 13.8. The van der Waals surface area contributed by atoms with Crippen LogP contribution in [-0.4, -0.2) is 36.3 Å². The van der Waals surface area contributed by atoms with Crippen molar-refractivity contribution in [2.24, 2.45) is 5.73 Å². The van der Waals surface area contributed by atoms with Crippen LogP contribution in [0.15, 0.2) is 12.1 Å². The van der Waals surface area contributed by atoms with E-state index in [0.29, 0.717) is 19.4 Å². The number of nitrogens with one attached hydrogen (secondary N) is 1. The Balaban J connectivity index is 2.19. The largest absolute Gasteiger partial charge is 0.398 e. The zero-order chi connectivity index (χ0) is 14.9. The molecule has 0 saturated carbocycles. The maximum Gasteiger partial charge on any atom is 0.250 e. The Hall–Kier alpha value is -2.31. The highest BCUT2D eigenvalue weighted by Gasteiger charge is 2.23. The van der Waals surface area contributed by atoms with Crippen molar-refractivity contribution in [1.82, 2.24) is 4.90 Å². The number of nitrogens with zero attached hydrogens (tertiary/aromatic N) is 1. The van der Waals surface area contributed by atoms with E-state index in [-0.39, 0.29) is 28.9 Å². The second-order valence-electron chi connectivity index (χ2n) is 4.94. The molecule has 7 heteroatoms. The number of hydrogen-bond acceptors (Lipinski definition) is 4. The maximum atomic E-state index is 13.8. The van der Waals surface area contributed by atoms with Gasteiger partial charge in [0.25, 0.3) is 5.91 Å². The van der Waals surface area contributed by atoms with Gasteiger partial charge in [0.2, 0.25) is 5.91 Å². The lowest BCUT2D eigenvalue weighted by Gasteiger charge is -2.31. The summed E-state index contributed by atoms with van der Waals surface area (Å²) in [4.78, 5) is 24.2. The summed E-state index contributed by atoms with van der Waals surface area (Å²) in [5, 5.41) is 2.99. The smallest absolute Gasteiger partial charge is 0.250 e. The van der Waals surface area contributed by atoms with Gasteiger partial charge in [-0.2, -0.15) is 0 Å². The summed E-state index contributed by atoms with van der Waals surface area (Å²) >= 11 is 0. The number of carbonyl (C=O) groups excluding carboxylic acids is 2. The molecule has 1 aliphatic heterocycles. The first-order valence-corrected chi connectivity index (χ1v) is 6.28. The van der Waals surface area contributed by atoms with Crippen molar-refractivity contribution in [2.45, 2.75) is 18.9 Å². The SMILES string of the molecule is CN1CC(Nc2cc(C(N)=O)c(N)cc2F)CCC1=O. The molecular formula is C13H17FN4O2. The summed E-state index contributed by atoms with van der Waals surface area (Å²) in [6.07, 6.45) is 1.02. The number of likely N-dealkylation sites (tertiary alicyclic amines) is 1. The Labute approximate surface area is 115 Å². The number of rotatable bonds is 3. The van der Waals surface area contributed by atoms with E-state index in [1.54, 1.807) is 11.9 Å². The first kappa shape index (κ1) is 14.1. The molecule has 1 aromatic rings. The summed E-state index contributed by atoms with van der Waals surface area (Å²) in [5.74, 6) is -1.19. The molecule has 0 aromatic heterocycles. The molecule has 1 fully saturated rings. The van der Waals surface area contributed by atoms with E-state index in [4.69, 9.17) is 11.5 Å². The highest BCUT2D eigenvalue weighted by molar-refractivity contribution is 5.99. The number of amides is 2. The Bertz CT molecular complexity index is 562. The van der Waals surface area contributed by atoms with E-state index < -0.39 is 11.7 Å². The van der Waals surface area contributed by atoms with Crippen LogP contribution in [0.4, 0.5) is 15.8 Å². The number of hydrogen-bond donors (Lipinski definition) is 3. The van der Waals surface area contributed by atoms with Gasteiger partial charge in [-0.15, -0.1) is 0 Å². The van der Waals surface area contributed by atoms with Crippen LogP contribution < -0.4 is 16.8 Å². The van der Waals surface area contributed by atoms with Crippen molar-refractivity contribution >= 4 is 23.2 Å². The van der Waals surface area contributed by atoms with Crippen molar-refractivity contribution in [3.63, 3.8) is 0 Å². The standard InChI is InChI=1S/C13H17FN4O2/c1-18-6-7(2-3-12(18)19)17-11-4-8(13(16)20)10(15)5-9(11)14/h4-5,7,17H,2-3,6,15H2,1H3,(H2,16,20). The zero-order valence-corrected chi connectivity index (χ0v) is 11.1. The van der Waals surface area contributed by atoms with Crippen LogP contribution in [0, 0.1) is 5.82 Å². The third-order valence-electron chi connectivity index (χ3n) is 3.39. The number of primary amides is 1. The van der Waals surface area contributed by atoms with Gasteiger partial charge in [-0.1, -0.05) is 0 Å². The van der Waals surface area contributed by atoms with Crippen molar-refractivity contribution in [3.8, 4) is 0 Å². The summed E-state index contributed by atoms with van der Waals surface area (Å²) in [6.45, 7) is 0.481. The number of nitrogens with two attached hydrogens (primary N) is 2. The number of piperidine rings is 1. The molecule has 2 amide bonds. The Morgan fingerprint density at radius 2 is 2.20 bits per heavy atom. The molecule has 5 N–H and O–H groups in total. The van der Waals surface area contributed by atoms with E-state index >= 15 is 0 Å². The fourth-order valence-corrected chi connectivity index (χ4v) is 2.26. The molecular weight excluding hydrogens is 263 g/mol. The summed E-state index contributed by atoms with van der Waals surface area (Å²) in [6, 6.07) is 2.31.